The predicted molar refractivity (Wildman–Crippen MR) is 277 cm³/mol. The van der Waals surface area contributed by atoms with Crippen molar-refractivity contribution in [2.45, 2.75) is 200 Å². The number of rotatable bonds is 32. The van der Waals surface area contributed by atoms with Crippen molar-refractivity contribution in [3.8, 4) is 0 Å². The molecule has 2 unspecified atom stereocenters. The quantitative estimate of drug-likeness (QED) is 0.0277. The predicted octanol–water partition coefficient (Wildman–Crippen LogP) is 9.97. The maximum Gasteiger partial charge on any atom is 0.407 e. The van der Waals surface area contributed by atoms with Gasteiger partial charge in [-0.1, -0.05) is 93.9 Å². The highest BCUT2D eigenvalue weighted by Gasteiger charge is 2.28. The summed E-state index contributed by atoms with van der Waals surface area (Å²) in [6, 6.07) is 0. The summed E-state index contributed by atoms with van der Waals surface area (Å²) in [6.07, 6.45) is 9.34. The zero-order valence-electron chi connectivity index (χ0n) is 47.4. The van der Waals surface area contributed by atoms with Crippen molar-refractivity contribution in [2.24, 2.45) is 22.7 Å². The average molecular weight is 1040 g/mol. The maximum absolute atomic E-state index is 11.6. The minimum Gasteiger partial charge on any atom is -0.464 e. The number of hydrogen-bond acceptors (Lipinski definition) is 16. The summed E-state index contributed by atoms with van der Waals surface area (Å²) in [5.41, 5.74) is -0.946. The van der Waals surface area contributed by atoms with E-state index in [9.17, 15) is 38.4 Å². The van der Waals surface area contributed by atoms with Gasteiger partial charge in [-0.25, -0.2) is 19.2 Å². The van der Waals surface area contributed by atoms with Gasteiger partial charge in [0.05, 0.1) is 74.3 Å². The second kappa shape index (κ2) is 47.0. The molecule has 4 amide bonds. The van der Waals surface area contributed by atoms with E-state index in [1.54, 1.807) is 27.7 Å². The van der Waals surface area contributed by atoms with Crippen LogP contribution in [0.25, 0.3) is 0 Å². The van der Waals surface area contributed by atoms with Crippen LogP contribution in [0.3, 0.4) is 0 Å². The summed E-state index contributed by atoms with van der Waals surface area (Å²) in [5, 5.41) is 10.1. The van der Waals surface area contributed by atoms with E-state index in [1.807, 2.05) is 69.2 Å². The lowest BCUT2D eigenvalue weighted by Gasteiger charge is -2.20. The Morgan fingerprint density at radius 2 is 0.667 bits per heavy atom. The highest BCUT2D eigenvalue weighted by Crippen LogP contribution is 2.22. The van der Waals surface area contributed by atoms with Crippen molar-refractivity contribution in [3.05, 3.63) is 0 Å². The van der Waals surface area contributed by atoms with Gasteiger partial charge in [0, 0.05) is 0 Å². The first kappa shape index (κ1) is 73.5. The Morgan fingerprint density at radius 3 is 0.931 bits per heavy atom. The standard InChI is InChI=1S/C15H29NO4.C14H27NO4.C12H23NO4.C11H21NO4/c1-5-7-8-9-11-20-14(18)16-10-12-19-13(17)15(3,4)6-2;1-4-6-7-8-10-19-14(17)15-9-11-18-13(16)12(3)5-2;1-6-12(4,5)10(14)16-8-7-13-11(15)17-9(2)3;1-5-9(4)10(13)15-7-6-12-11(14)16-8(2)3/h5-12H2,1-4H3,(H,16,18);12H,4-11H2,1-3H3,(H,15,17);9H,6-8H2,1-5H3,(H,13,15);8-9H,5-7H2,1-4H3,(H,12,14). The molecule has 0 rings (SSSR count). The third kappa shape index (κ3) is 47.3. The molecule has 0 bridgehead atoms. The lowest BCUT2D eigenvalue weighted by atomic mass is 9.91. The normalized spacial score (nSPS) is 11.5. The molecular weight excluding hydrogens is 937 g/mol. The lowest BCUT2D eigenvalue weighted by molar-refractivity contribution is -0.154. The van der Waals surface area contributed by atoms with Crippen LogP contribution in [0.15, 0.2) is 0 Å². The van der Waals surface area contributed by atoms with Crippen molar-refractivity contribution in [3.63, 3.8) is 0 Å². The molecule has 0 aromatic heterocycles. The van der Waals surface area contributed by atoms with Gasteiger partial charge in [-0.3, -0.25) is 19.2 Å². The maximum atomic E-state index is 11.6. The van der Waals surface area contributed by atoms with E-state index < -0.39 is 35.2 Å². The van der Waals surface area contributed by atoms with Crippen molar-refractivity contribution in [2.75, 3.05) is 65.8 Å². The molecule has 20 nitrogen and oxygen atoms in total. The van der Waals surface area contributed by atoms with Gasteiger partial charge in [0.15, 0.2) is 0 Å². The largest absolute Gasteiger partial charge is 0.464 e. The summed E-state index contributed by atoms with van der Waals surface area (Å²) in [7, 11) is 0. The summed E-state index contributed by atoms with van der Waals surface area (Å²) in [4.78, 5) is 90.4. The van der Waals surface area contributed by atoms with E-state index in [0.717, 1.165) is 70.6 Å². The van der Waals surface area contributed by atoms with Gasteiger partial charge in [0.2, 0.25) is 0 Å². The number of esters is 4. The monoisotopic (exact) mass is 1040 g/mol. The Morgan fingerprint density at radius 1 is 0.375 bits per heavy atom. The van der Waals surface area contributed by atoms with E-state index in [0.29, 0.717) is 19.6 Å². The first-order valence-electron chi connectivity index (χ1n) is 26.2. The molecule has 72 heavy (non-hydrogen) atoms. The molecule has 0 saturated carbocycles. The van der Waals surface area contributed by atoms with Crippen LogP contribution in [0.5, 0.6) is 0 Å². The average Bonchev–Trinajstić information content (AvgIpc) is 3.33. The molecule has 0 saturated heterocycles. The molecular formula is C52H100N4O16. The molecule has 4 N–H and O–H groups in total. The van der Waals surface area contributed by atoms with Crippen LogP contribution >= 0.6 is 0 Å². The third-order valence-corrected chi connectivity index (χ3v) is 10.5. The fourth-order valence-corrected chi connectivity index (χ4v) is 4.50. The second-order valence-corrected chi connectivity index (χ2v) is 18.7. The van der Waals surface area contributed by atoms with E-state index in [4.69, 9.17) is 37.9 Å². The number of nitrogens with one attached hydrogen (secondary N) is 4. The van der Waals surface area contributed by atoms with Crippen molar-refractivity contribution < 1.29 is 76.3 Å². The van der Waals surface area contributed by atoms with Crippen LogP contribution in [-0.4, -0.2) is 126 Å². The summed E-state index contributed by atoms with van der Waals surface area (Å²) >= 11 is 0. The molecule has 2 atom stereocenters. The van der Waals surface area contributed by atoms with Crippen LogP contribution in [0.1, 0.15) is 188 Å². The van der Waals surface area contributed by atoms with Crippen LogP contribution in [-0.2, 0) is 57.1 Å². The molecule has 0 aliphatic rings. The minimum absolute atomic E-state index is 0.0921. The second-order valence-electron chi connectivity index (χ2n) is 18.7. The molecule has 0 radical (unpaired) electrons. The van der Waals surface area contributed by atoms with E-state index in [-0.39, 0.29) is 101 Å². The fraction of sp³-hybridized carbons (Fsp3) is 0.846. The van der Waals surface area contributed by atoms with Crippen LogP contribution in [0, 0.1) is 22.7 Å². The van der Waals surface area contributed by atoms with Crippen LogP contribution in [0.4, 0.5) is 19.2 Å². The Balaban J connectivity index is -0.000000430. The zero-order chi connectivity index (χ0) is 56.0. The van der Waals surface area contributed by atoms with Crippen molar-refractivity contribution >= 4 is 48.3 Å². The van der Waals surface area contributed by atoms with Gasteiger partial charge in [-0.2, -0.15) is 0 Å². The summed E-state index contributed by atoms with van der Waals surface area (Å²) in [5.74, 6) is -1.14. The number of alkyl carbamates (subject to hydrolysis) is 4. The molecule has 0 heterocycles. The van der Waals surface area contributed by atoms with E-state index in [2.05, 4.69) is 35.1 Å². The summed E-state index contributed by atoms with van der Waals surface area (Å²) < 4.78 is 39.7. The highest BCUT2D eigenvalue weighted by molar-refractivity contribution is 5.76. The van der Waals surface area contributed by atoms with Crippen LogP contribution in [0.2, 0.25) is 0 Å². The molecule has 0 aliphatic heterocycles. The van der Waals surface area contributed by atoms with E-state index >= 15 is 0 Å². The molecule has 424 valence electrons. The summed E-state index contributed by atoms with van der Waals surface area (Å²) in [6.45, 7) is 32.7. The number of unbranched alkanes of at least 4 members (excludes halogenated alkanes) is 6. The Kier molecular flexibility index (Phi) is 48.0. The zero-order valence-corrected chi connectivity index (χ0v) is 47.4. The van der Waals surface area contributed by atoms with Gasteiger partial charge in [0.1, 0.15) is 26.4 Å². The minimum atomic E-state index is -0.495. The molecule has 0 aromatic rings. The van der Waals surface area contributed by atoms with Gasteiger partial charge >= 0.3 is 48.3 Å². The smallest absolute Gasteiger partial charge is 0.407 e. The Hall–Kier alpha value is -5.04. The molecule has 0 spiro atoms. The number of carbonyl (C=O) groups excluding carboxylic acids is 8. The molecule has 0 aliphatic carbocycles. The first-order valence-corrected chi connectivity index (χ1v) is 26.2. The lowest BCUT2D eigenvalue weighted by Crippen LogP contribution is -2.32. The molecule has 0 aromatic carbocycles. The van der Waals surface area contributed by atoms with Gasteiger partial charge in [-0.15, -0.1) is 0 Å². The van der Waals surface area contributed by atoms with Crippen molar-refractivity contribution in [1.29, 1.82) is 0 Å². The topological polar surface area (TPSA) is 259 Å². The number of hydrogen-bond donors (Lipinski definition) is 4. The SMILES string of the molecule is CCC(C)(C)C(=O)OCCNC(=O)OC(C)C.CCC(C)C(=O)OCCNC(=O)OC(C)C.CCCCCCOC(=O)NCCOC(=O)C(C)(C)CC.CCCCCCOC(=O)NCCOC(=O)C(C)CC. The van der Waals surface area contributed by atoms with Crippen LogP contribution < -0.4 is 21.3 Å². The number of carbonyl (C=O) groups is 8. The third-order valence-electron chi connectivity index (χ3n) is 10.5. The molecule has 0 fully saturated rings. The molecule has 20 heteroatoms. The van der Waals surface area contributed by atoms with E-state index in [1.165, 1.54) is 0 Å². The number of ether oxygens (including phenoxy) is 8. The number of amides is 4. The Bertz CT molecular complexity index is 1460. The van der Waals surface area contributed by atoms with Gasteiger partial charge < -0.3 is 59.2 Å². The highest BCUT2D eigenvalue weighted by atomic mass is 16.6. The Labute approximate surface area is 433 Å². The van der Waals surface area contributed by atoms with Gasteiger partial charge in [-0.05, 0) is 93.9 Å². The fourth-order valence-electron chi connectivity index (χ4n) is 4.50. The van der Waals surface area contributed by atoms with Crippen molar-refractivity contribution in [1.82, 2.24) is 21.3 Å². The first-order chi connectivity index (χ1) is 33.8. The van der Waals surface area contributed by atoms with Gasteiger partial charge in [0.25, 0.3) is 0 Å².